The minimum Gasteiger partial charge on any atom is -0.509 e. The number of amides is 2. The Labute approximate surface area is 198 Å². The summed E-state index contributed by atoms with van der Waals surface area (Å²) in [6.45, 7) is 6.57. The van der Waals surface area contributed by atoms with Crippen LogP contribution in [0.25, 0.3) is 0 Å². The Balaban J connectivity index is 1.79. The van der Waals surface area contributed by atoms with Gasteiger partial charge in [-0.25, -0.2) is 8.78 Å². The molecule has 1 aromatic carbocycles. The van der Waals surface area contributed by atoms with Crippen molar-refractivity contribution in [2.24, 2.45) is 5.41 Å². The van der Waals surface area contributed by atoms with Crippen LogP contribution in [0.4, 0.5) is 8.78 Å². The number of carbonyl (C=O) groups excluding carboxylic acids is 2. The van der Waals surface area contributed by atoms with Crippen molar-refractivity contribution in [3.63, 3.8) is 0 Å². The Morgan fingerprint density at radius 3 is 2.65 bits per heavy atom. The summed E-state index contributed by atoms with van der Waals surface area (Å²) in [5.41, 5.74) is 0.408. The lowest BCUT2D eigenvalue weighted by molar-refractivity contribution is -0.133. The first-order valence-corrected chi connectivity index (χ1v) is 11.8. The van der Waals surface area contributed by atoms with Crippen LogP contribution in [0, 0.1) is 17.0 Å². The zero-order valence-corrected chi connectivity index (χ0v) is 20.0. The molecule has 184 valence electrons. The maximum atomic E-state index is 14.2. The average Bonchev–Trinajstić information content (AvgIpc) is 3.15. The number of likely N-dealkylation sites (N-methyl/N-ethyl adjacent to an activating group) is 2. The van der Waals surface area contributed by atoms with Gasteiger partial charge in [0.2, 0.25) is 5.91 Å². The van der Waals surface area contributed by atoms with Crippen LogP contribution in [0.1, 0.15) is 45.6 Å². The van der Waals surface area contributed by atoms with Crippen molar-refractivity contribution in [3.8, 4) is 0 Å². The third kappa shape index (κ3) is 3.66. The van der Waals surface area contributed by atoms with Gasteiger partial charge in [0.25, 0.3) is 5.91 Å². The lowest BCUT2D eigenvalue weighted by Crippen LogP contribution is -2.55. The van der Waals surface area contributed by atoms with E-state index in [1.807, 2.05) is 25.8 Å². The zero-order valence-electron chi connectivity index (χ0n) is 20.0. The molecular formula is C25H32F2N4O3. The largest absolute Gasteiger partial charge is 0.509 e. The molecule has 2 amide bonds. The van der Waals surface area contributed by atoms with Crippen LogP contribution in [-0.2, 0) is 16.1 Å². The molecule has 0 aliphatic carbocycles. The summed E-state index contributed by atoms with van der Waals surface area (Å²) in [4.78, 5) is 30.5. The number of rotatable bonds is 7. The molecule has 0 bridgehead atoms. The smallest absolute Gasteiger partial charge is 0.274 e. The number of carbonyl (C=O) groups is 2. The van der Waals surface area contributed by atoms with Crippen LogP contribution in [0.2, 0.25) is 0 Å². The van der Waals surface area contributed by atoms with Gasteiger partial charge >= 0.3 is 0 Å². The molecule has 3 unspecified atom stereocenters. The molecule has 3 atom stereocenters. The number of hydrogen-bond acceptors (Lipinski definition) is 5. The average molecular weight is 475 g/mol. The number of aliphatic hydroxyl groups is 1. The molecule has 3 heterocycles. The zero-order chi connectivity index (χ0) is 24.8. The van der Waals surface area contributed by atoms with E-state index in [9.17, 15) is 23.5 Å². The van der Waals surface area contributed by atoms with Crippen LogP contribution < -0.4 is 10.6 Å². The van der Waals surface area contributed by atoms with Crippen molar-refractivity contribution < 1.29 is 23.5 Å². The maximum Gasteiger partial charge on any atom is 0.274 e. The first-order chi connectivity index (χ1) is 16.2. The number of nitrogens with zero attached hydrogens (tertiary/aromatic N) is 2. The fraction of sp³-hybridized carbons (Fsp3) is 0.520. The second kappa shape index (κ2) is 9.02. The summed E-state index contributed by atoms with van der Waals surface area (Å²) < 4.78 is 27.4. The second-order valence-electron chi connectivity index (χ2n) is 9.40. The number of benzene rings is 1. The maximum absolute atomic E-state index is 14.2. The molecule has 0 saturated carbocycles. The van der Waals surface area contributed by atoms with E-state index in [2.05, 4.69) is 10.6 Å². The van der Waals surface area contributed by atoms with Crippen LogP contribution in [0.15, 0.2) is 40.9 Å². The van der Waals surface area contributed by atoms with Gasteiger partial charge in [-0.1, -0.05) is 19.4 Å². The summed E-state index contributed by atoms with van der Waals surface area (Å²) in [7, 11) is 1.81. The molecule has 2 saturated heterocycles. The summed E-state index contributed by atoms with van der Waals surface area (Å²) >= 11 is 0. The van der Waals surface area contributed by atoms with Crippen molar-refractivity contribution in [1.82, 2.24) is 20.4 Å². The van der Waals surface area contributed by atoms with Gasteiger partial charge in [0.15, 0.2) is 0 Å². The van der Waals surface area contributed by atoms with Crippen LogP contribution in [0.5, 0.6) is 0 Å². The quantitative estimate of drug-likeness (QED) is 0.566. The number of piperazine rings is 1. The summed E-state index contributed by atoms with van der Waals surface area (Å²) in [6.07, 6.45) is 1.80. The molecule has 2 fully saturated rings. The highest BCUT2D eigenvalue weighted by molar-refractivity contribution is 6.01. The molecule has 0 aromatic heterocycles. The van der Waals surface area contributed by atoms with Gasteiger partial charge in [-0.2, -0.15) is 0 Å². The van der Waals surface area contributed by atoms with E-state index in [0.29, 0.717) is 43.6 Å². The third-order valence-corrected chi connectivity index (χ3v) is 7.34. The monoisotopic (exact) mass is 474 g/mol. The molecule has 1 aromatic rings. The van der Waals surface area contributed by atoms with Gasteiger partial charge < -0.3 is 25.5 Å². The van der Waals surface area contributed by atoms with Crippen LogP contribution in [-0.4, -0.2) is 58.9 Å². The van der Waals surface area contributed by atoms with Gasteiger partial charge in [-0.05, 0) is 39.8 Å². The molecule has 3 aliphatic rings. The van der Waals surface area contributed by atoms with Crippen LogP contribution in [0.3, 0.4) is 0 Å². The van der Waals surface area contributed by atoms with Gasteiger partial charge in [0.05, 0.1) is 17.0 Å². The fourth-order valence-electron chi connectivity index (χ4n) is 5.64. The molecule has 3 aliphatic heterocycles. The number of allylic oxidation sites excluding steroid dienone is 1. The van der Waals surface area contributed by atoms with E-state index in [1.165, 1.54) is 6.07 Å². The standard InChI is InChI=1S/C25H32F2N4O3/c1-5-9-25(3)19(23(33)29-12-14-7-8-15(26)10-17(14)27)20-18(28-4)11-16-13-30(6-2)24(34)21(22(25)32)31(16)20/h7-8,10,16,18,28,32H,5-6,9,11-13H2,1-4H3,(H,29,33). The van der Waals surface area contributed by atoms with Gasteiger partial charge in [0, 0.05) is 43.0 Å². The first kappa shape index (κ1) is 24.2. The van der Waals surface area contributed by atoms with Crippen molar-refractivity contribution in [1.29, 1.82) is 0 Å². The number of aliphatic hydroxyl groups excluding tert-OH is 1. The lowest BCUT2D eigenvalue weighted by atomic mass is 9.71. The molecule has 3 N–H and O–H groups in total. The van der Waals surface area contributed by atoms with Gasteiger partial charge in [-0.15, -0.1) is 0 Å². The Morgan fingerprint density at radius 1 is 1.29 bits per heavy atom. The summed E-state index contributed by atoms with van der Waals surface area (Å²) in [6, 6.07) is 2.98. The van der Waals surface area contributed by atoms with E-state index >= 15 is 0 Å². The van der Waals surface area contributed by atoms with Crippen molar-refractivity contribution >= 4 is 11.8 Å². The fourth-order valence-corrected chi connectivity index (χ4v) is 5.64. The summed E-state index contributed by atoms with van der Waals surface area (Å²) in [5.74, 6) is -2.20. The Bertz CT molecular complexity index is 1090. The van der Waals surface area contributed by atoms with E-state index in [1.54, 1.807) is 11.8 Å². The topological polar surface area (TPSA) is 84.9 Å². The highest BCUT2D eigenvalue weighted by Gasteiger charge is 2.56. The Morgan fingerprint density at radius 2 is 2.03 bits per heavy atom. The van der Waals surface area contributed by atoms with Crippen molar-refractivity contribution in [2.75, 3.05) is 20.1 Å². The number of nitrogens with one attached hydrogen (secondary N) is 2. The van der Waals surface area contributed by atoms with Crippen molar-refractivity contribution in [2.45, 2.75) is 58.7 Å². The molecule has 9 heteroatoms. The molecule has 4 rings (SSSR count). The molecule has 34 heavy (non-hydrogen) atoms. The molecule has 0 radical (unpaired) electrons. The highest BCUT2D eigenvalue weighted by atomic mass is 19.1. The predicted molar refractivity (Wildman–Crippen MR) is 123 cm³/mol. The third-order valence-electron chi connectivity index (χ3n) is 7.34. The Kier molecular flexibility index (Phi) is 6.42. The van der Waals surface area contributed by atoms with E-state index in [0.717, 1.165) is 12.1 Å². The number of hydrogen-bond donors (Lipinski definition) is 3. The molecular weight excluding hydrogens is 442 g/mol. The van der Waals surface area contributed by atoms with Gasteiger partial charge in [0.1, 0.15) is 23.1 Å². The molecule has 0 spiro atoms. The molecule has 7 nitrogen and oxygen atoms in total. The predicted octanol–water partition coefficient (Wildman–Crippen LogP) is 2.95. The van der Waals surface area contributed by atoms with Gasteiger partial charge in [-0.3, -0.25) is 9.59 Å². The van der Waals surface area contributed by atoms with E-state index in [-0.39, 0.29) is 41.6 Å². The minimum absolute atomic E-state index is 0.0641. The first-order valence-electron chi connectivity index (χ1n) is 11.8. The van der Waals surface area contributed by atoms with Crippen LogP contribution >= 0.6 is 0 Å². The number of halogens is 2. The van der Waals surface area contributed by atoms with E-state index < -0.39 is 23.0 Å². The SMILES string of the molecule is CCCC1(C)C(O)=C2C(=O)N(CC)CC3CC(NC)C(=C1C(=O)NCc1ccc(F)cc1F)N23. The summed E-state index contributed by atoms with van der Waals surface area (Å²) in [5, 5.41) is 17.5. The van der Waals surface area contributed by atoms with Crippen molar-refractivity contribution in [3.05, 3.63) is 58.1 Å². The van der Waals surface area contributed by atoms with E-state index in [4.69, 9.17) is 0 Å². The second-order valence-corrected chi connectivity index (χ2v) is 9.40. The minimum atomic E-state index is -1.09. The lowest BCUT2D eigenvalue weighted by Gasteiger charge is -2.47. The Hall–Kier alpha value is -2.94. The highest BCUT2D eigenvalue weighted by Crippen LogP contribution is 2.52. The normalized spacial score (nSPS) is 26.4.